The molecule has 0 spiro atoms. The Kier molecular flexibility index (Phi) is 0.903. The molecule has 0 amide bonds. The molecule has 0 saturated heterocycles. The van der Waals surface area contributed by atoms with Gasteiger partial charge in [0.05, 0.1) is 0 Å². The Morgan fingerprint density at radius 1 is 1.29 bits per heavy atom. The van der Waals surface area contributed by atoms with Crippen molar-refractivity contribution in [2.45, 2.75) is 6.55 Å². The van der Waals surface area contributed by atoms with Gasteiger partial charge in [-0.2, -0.15) is 0 Å². The summed E-state index contributed by atoms with van der Waals surface area (Å²) in [5.41, 5.74) is 3.76. The molecule has 1 heterocycles. The molecular formula is C5H8OSi. The highest BCUT2D eigenvalue weighted by atomic mass is 28.4. The van der Waals surface area contributed by atoms with Gasteiger partial charge < -0.3 is 4.80 Å². The normalized spacial score (nSPS) is 23.7. The molecule has 0 aliphatic carbocycles. The maximum atomic E-state index is 9.16. The molecule has 0 radical (unpaired) electrons. The smallest absolute Gasteiger partial charge is 0.234 e. The Bertz CT molecular complexity index is 110. The Morgan fingerprint density at radius 2 is 1.71 bits per heavy atom. The minimum absolute atomic E-state index is 1.88. The summed E-state index contributed by atoms with van der Waals surface area (Å²) in [6, 6.07) is 0. The molecule has 1 rings (SSSR count). The highest BCUT2D eigenvalue weighted by molar-refractivity contribution is 6.81. The van der Waals surface area contributed by atoms with E-state index < -0.39 is 8.32 Å². The molecule has 0 saturated carbocycles. The predicted octanol–water partition coefficient (Wildman–Crippen LogP) is 0.758. The van der Waals surface area contributed by atoms with Crippen molar-refractivity contribution in [3.05, 3.63) is 23.6 Å². The minimum Gasteiger partial charge on any atom is -0.425 e. The summed E-state index contributed by atoms with van der Waals surface area (Å²) in [4.78, 5) is 9.16. The van der Waals surface area contributed by atoms with Gasteiger partial charge in [0.2, 0.25) is 8.32 Å². The molecule has 2 heteroatoms. The van der Waals surface area contributed by atoms with Crippen molar-refractivity contribution in [3.63, 3.8) is 0 Å². The summed E-state index contributed by atoms with van der Waals surface area (Å²) in [7, 11) is -1.90. The molecule has 1 N–H and O–H groups in total. The number of allylic oxidation sites excluding steroid dienone is 2. The van der Waals surface area contributed by atoms with E-state index in [-0.39, 0.29) is 0 Å². The lowest BCUT2D eigenvalue weighted by Gasteiger charge is -2.02. The zero-order valence-electron chi connectivity index (χ0n) is 4.26. The van der Waals surface area contributed by atoms with Crippen LogP contribution in [0.5, 0.6) is 0 Å². The van der Waals surface area contributed by atoms with Gasteiger partial charge in [-0.15, -0.1) is 0 Å². The van der Waals surface area contributed by atoms with Crippen LogP contribution in [-0.2, 0) is 0 Å². The van der Waals surface area contributed by atoms with Gasteiger partial charge in [-0.05, 0) is 6.55 Å². The monoisotopic (exact) mass is 112 g/mol. The fourth-order valence-electron chi connectivity index (χ4n) is 0.556. The Hall–Kier alpha value is -0.343. The third-order valence-corrected chi connectivity index (χ3v) is 2.71. The van der Waals surface area contributed by atoms with E-state index in [1.807, 2.05) is 30.1 Å². The first-order valence-corrected chi connectivity index (χ1v) is 4.90. The van der Waals surface area contributed by atoms with Crippen LogP contribution in [0.1, 0.15) is 0 Å². The van der Waals surface area contributed by atoms with Crippen LogP contribution in [0.25, 0.3) is 0 Å². The summed E-state index contributed by atoms with van der Waals surface area (Å²) in [5.74, 6) is 0. The van der Waals surface area contributed by atoms with E-state index in [2.05, 4.69) is 0 Å². The first-order chi connectivity index (χ1) is 3.21. The summed E-state index contributed by atoms with van der Waals surface area (Å²) in [6.45, 7) is 1.88. The van der Waals surface area contributed by atoms with Gasteiger partial charge in [-0.25, -0.2) is 0 Å². The van der Waals surface area contributed by atoms with Crippen LogP contribution < -0.4 is 0 Å². The molecule has 7 heavy (non-hydrogen) atoms. The van der Waals surface area contributed by atoms with Crippen molar-refractivity contribution in [1.82, 2.24) is 0 Å². The molecule has 1 nitrogen and oxygen atoms in total. The standard InChI is InChI=1S/C5H8OSi/c1-7(6)4-2-3-5-7/h2-6H,1H3. The molecule has 38 valence electrons. The van der Waals surface area contributed by atoms with Gasteiger partial charge in [0.1, 0.15) is 0 Å². The summed E-state index contributed by atoms with van der Waals surface area (Å²) < 4.78 is 0. The first-order valence-electron chi connectivity index (χ1n) is 2.30. The van der Waals surface area contributed by atoms with Crippen LogP contribution in [0.4, 0.5) is 0 Å². The fraction of sp³-hybridized carbons (Fsp3) is 0.200. The number of rotatable bonds is 0. The predicted molar refractivity (Wildman–Crippen MR) is 32.1 cm³/mol. The largest absolute Gasteiger partial charge is 0.425 e. The van der Waals surface area contributed by atoms with E-state index in [1.54, 1.807) is 0 Å². The molecule has 0 aromatic rings. The van der Waals surface area contributed by atoms with Gasteiger partial charge in [0, 0.05) is 0 Å². The topological polar surface area (TPSA) is 20.2 Å². The molecule has 1 aliphatic heterocycles. The second kappa shape index (κ2) is 1.32. The van der Waals surface area contributed by atoms with Crippen LogP contribution in [-0.4, -0.2) is 13.1 Å². The maximum Gasteiger partial charge on any atom is 0.234 e. The van der Waals surface area contributed by atoms with Crippen LogP contribution in [0.15, 0.2) is 23.6 Å². The van der Waals surface area contributed by atoms with Gasteiger partial charge in [0.25, 0.3) is 0 Å². The van der Waals surface area contributed by atoms with Crippen LogP contribution in [0, 0.1) is 0 Å². The van der Waals surface area contributed by atoms with E-state index >= 15 is 0 Å². The molecule has 0 aromatic carbocycles. The highest BCUT2D eigenvalue weighted by Crippen LogP contribution is 2.07. The zero-order chi connectivity index (χ0) is 5.33. The lowest BCUT2D eigenvalue weighted by atomic mass is 10.6. The average Bonchev–Trinajstić information content (AvgIpc) is 1.84. The van der Waals surface area contributed by atoms with Crippen LogP contribution >= 0.6 is 0 Å². The molecule has 1 aliphatic rings. The summed E-state index contributed by atoms with van der Waals surface area (Å²) in [6.07, 6.45) is 3.79. The van der Waals surface area contributed by atoms with E-state index in [1.165, 1.54) is 0 Å². The Morgan fingerprint density at radius 3 is 1.86 bits per heavy atom. The summed E-state index contributed by atoms with van der Waals surface area (Å²) >= 11 is 0. The van der Waals surface area contributed by atoms with Crippen molar-refractivity contribution < 1.29 is 4.80 Å². The molecule has 0 unspecified atom stereocenters. The molecule has 0 bridgehead atoms. The van der Waals surface area contributed by atoms with E-state index in [9.17, 15) is 0 Å². The van der Waals surface area contributed by atoms with E-state index in [0.717, 1.165) is 0 Å². The second-order valence-electron chi connectivity index (χ2n) is 1.94. The third-order valence-electron chi connectivity index (χ3n) is 0.978. The highest BCUT2D eigenvalue weighted by Gasteiger charge is 2.17. The lowest BCUT2D eigenvalue weighted by Crippen LogP contribution is -2.21. The van der Waals surface area contributed by atoms with E-state index in [4.69, 9.17) is 4.80 Å². The zero-order valence-corrected chi connectivity index (χ0v) is 5.26. The summed E-state index contributed by atoms with van der Waals surface area (Å²) in [5, 5.41) is 0. The van der Waals surface area contributed by atoms with Crippen LogP contribution in [0.2, 0.25) is 6.55 Å². The minimum atomic E-state index is -1.90. The van der Waals surface area contributed by atoms with Crippen molar-refractivity contribution >= 4 is 8.32 Å². The average molecular weight is 112 g/mol. The SMILES string of the molecule is C[Si]1(O)C=CC=C1. The quantitative estimate of drug-likeness (QED) is 0.459. The number of hydrogen-bond acceptors (Lipinski definition) is 1. The molecular weight excluding hydrogens is 104 g/mol. The maximum absolute atomic E-state index is 9.16. The van der Waals surface area contributed by atoms with Crippen LogP contribution in [0.3, 0.4) is 0 Å². The second-order valence-corrected chi connectivity index (χ2v) is 5.06. The van der Waals surface area contributed by atoms with Gasteiger partial charge in [-0.3, -0.25) is 0 Å². The Balaban J connectivity index is 2.77. The Labute approximate surface area is 44.1 Å². The first kappa shape index (κ1) is 4.81. The van der Waals surface area contributed by atoms with Gasteiger partial charge >= 0.3 is 0 Å². The van der Waals surface area contributed by atoms with Crippen molar-refractivity contribution in [1.29, 1.82) is 0 Å². The lowest BCUT2D eigenvalue weighted by molar-refractivity contribution is 0.574. The molecule has 0 atom stereocenters. The van der Waals surface area contributed by atoms with Gasteiger partial charge in [-0.1, -0.05) is 23.6 Å². The van der Waals surface area contributed by atoms with E-state index in [0.29, 0.717) is 0 Å². The number of hydrogen-bond donors (Lipinski definition) is 1. The molecule has 0 fully saturated rings. The van der Waals surface area contributed by atoms with Crippen molar-refractivity contribution in [3.8, 4) is 0 Å². The van der Waals surface area contributed by atoms with Gasteiger partial charge in [0.15, 0.2) is 0 Å². The van der Waals surface area contributed by atoms with Crippen molar-refractivity contribution in [2.75, 3.05) is 0 Å². The third kappa shape index (κ3) is 1.01. The van der Waals surface area contributed by atoms with Crippen molar-refractivity contribution in [2.24, 2.45) is 0 Å². The fourth-order valence-corrected chi connectivity index (χ4v) is 1.67. The molecule has 0 aromatic heterocycles.